The zero-order valence-electron chi connectivity index (χ0n) is 17.0. The standard InChI is InChI=1S/C22H46O2/c1-4-5-6-7-8-9-10-11-12-13-14-15-16-17-18-19-20-24-22(23)21(2)3/h21-23H,4-20H2,1-3H3. The number of rotatable bonds is 19. The predicted molar refractivity (Wildman–Crippen MR) is 106 cm³/mol. The molecule has 0 radical (unpaired) electrons. The first-order valence-corrected chi connectivity index (χ1v) is 11.0. The van der Waals surface area contributed by atoms with E-state index in [4.69, 9.17) is 4.74 Å². The first kappa shape index (κ1) is 23.9. The second-order valence-electron chi connectivity index (χ2n) is 7.81. The van der Waals surface area contributed by atoms with E-state index in [2.05, 4.69) is 6.92 Å². The Hall–Kier alpha value is -0.0800. The van der Waals surface area contributed by atoms with Crippen molar-refractivity contribution in [3.8, 4) is 0 Å². The molecule has 24 heavy (non-hydrogen) atoms. The van der Waals surface area contributed by atoms with Gasteiger partial charge >= 0.3 is 0 Å². The number of unbranched alkanes of at least 4 members (excludes halogenated alkanes) is 15. The molecule has 0 heterocycles. The molecule has 2 heteroatoms. The van der Waals surface area contributed by atoms with Gasteiger partial charge in [0.25, 0.3) is 0 Å². The van der Waals surface area contributed by atoms with Gasteiger partial charge in [-0.2, -0.15) is 0 Å². The highest BCUT2D eigenvalue weighted by atomic mass is 16.6. The molecule has 0 aromatic rings. The number of ether oxygens (including phenoxy) is 1. The van der Waals surface area contributed by atoms with Crippen molar-refractivity contribution < 1.29 is 9.84 Å². The van der Waals surface area contributed by atoms with Crippen molar-refractivity contribution in [2.24, 2.45) is 5.92 Å². The highest BCUT2D eigenvalue weighted by Crippen LogP contribution is 2.14. The molecule has 0 spiro atoms. The number of hydrogen-bond acceptors (Lipinski definition) is 2. The Bertz CT molecular complexity index is 228. The van der Waals surface area contributed by atoms with Crippen LogP contribution >= 0.6 is 0 Å². The van der Waals surface area contributed by atoms with Gasteiger partial charge in [0.1, 0.15) is 0 Å². The van der Waals surface area contributed by atoms with Crippen molar-refractivity contribution in [3.63, 3.8) is 0 Å². The summed E-state index contributed by atoms with van der Waals surface area (Å²) in [5.74, 6) is 0.200. The molecule has 0 rings (SSSR count). The molecule has 146 valence electrons. The van der Waals surface area contributed by atoms with E-state index in [1.54, 1.807) is 0 Å². The lowest BCUT2D eigenvalue weighted by atomic mass is 10.0. The van der Waals surface area contributed by atoms with Crippen molar-refractivity contribution >= 4 is 0 Å². The average molecular weight is 343 g/mol. The fourth-order valence-electron chi connectivity index (χ4n) is 3.05. The minimum absolute atomic E-state index is 0.200. The van der Waals surface area contributed by atoms with Gasteiger partial charge in [0.05, 0.1) is 0 Å². The van der Waals surface area contributed by atoms with Crippen molar-refractivity contribution in [2.75, 3.05) is 6.61 Å². The Balaban J connectivity index is 3.03. The van der Waals surface area contributed by atoms with Gasteiger partial charge in [-0.15, -0.1) is 0 Å². The van der Waals surface area contributed by atoms with Crippen LogP contribution in [0, 0.1) is 5.92 Å². The van der Waals surface area contributed by atoms with E-state index in [9.17, 15) is 5.11 Å². The molecule has 0 aromatic heterocycles. The number of aliphatic hydroxyl groups excluding tert-OH is 1. The van der Waals surface area contributed by atoms with Crippen molar-refractivity contribution in [2.45, 2.75) is 130 Å². The van der Waals surface area contributed by atoms with Crippen LogP contribution in [0.15, 0.2) is 0 Å². The summed E-state index contributed by atoms with van der Waals surface area (Å²) in [7, 11) is 0. The summed E-state index contributed by atoms with van der Waals surface area (Å²) >= 11 is 0. The molecule has 1 atom stereocenters. The maximum Gasteiger partial charge on any atom is 0.156 e. The average Bonchev–Trinajstić information content (AvgIpc) is 2.57. The van der Waals surface area contributed by atoms with Gasteiger partial charge in [0.2, 0.25) is 0 Å². The van der Waals surface area contributed by atoms with E-state index in [0.717, 1.165) is 6.42 Å². The number of hydrogen-bond donors (Lipinski definition) is 1. The lowest BCUT2D eigenvalue weighted by Crippen LogP contribution is -2.19. The second kappa shape index (κ2) is 19.2. The number of aliphatic hydroxyl groups is 1. The van der Waals surface area contributed by atoms with Gasteiger partial charge in [-0.05, 0) is 6.42 Å². The van der Waals surface area contributed by atoms with Gasteiger partial charge in [0, 0.05) is 12.5 Å². The summed E-state index contributed by atoms with van der Waals surface area (Å²) in [6.07, 6.45) is 21.6. The lowest BCUT2D eigenvalue weighted by molar-refractivity contribution is -0.126. The molecular formula is C22H46O2. The normalized spacial score (nSPS) is 12.9. The van der Waals surface area contributed by atoms with E-state index >= 15 is 0 Å². The first-order chi connectivity index (χ1) is 11.7. The molecule has 1 unspecified atom stereocenters. The summed E-state index contributed by atoms with van der Waals surface area (Å²) in [5, 5.41) is 9.53. The maximum absolute atomic E-state index is 9.53. The zero-order chi connectivity index (χ0) is 17.9. The third-order valence-electron chi connectivity index (χ3n) is 4.86. The van der Waals surface area contributed by atoms with Crippen LogP contribution in [0.4, 0.5) is 0 Å². The van der Waals surface area contributed by atoms with Crippen LogP contribution in [0.5, 0.6) is 0 Å². The Morgan fingerprint density at radius 3 is 1.25 bits per heavy atom. The van der Waals surface area contributed by atoms with Gasteiger partial charge in [-0.25, -0.2) is 0 Å². The van der Waals surface area contributed by atoms with Gasteiger partial charge in [-0.1, -0.05) is 117 Å². The molecule has 0 aliphatic rings. The smallest absolute Gasteiger partial charge is 0.156 e. The molecule has 0 aliphatic heterocycles. The Kier molecular flexibility index (Phi) is 19.2. The zero-order valence-corrected chi connectivity index (χ0v) is 17.0. The van der Waals surface area contributed by atoms with Crippen LogP contribution in [0.3, 0.4) is 0 Å². The molecule has 1 N–H and O–H groups in total. The SMILES string of the molecule is CCCCCCCCCCCCCCCCCCOC(O)C(C)C. The molecule has 0 saturated heterocycles. The fourth-order valence-corrected chi connectivity index (χ4v) is 3.05. The van der Waals surface area contributed by atoms with Gasteiger partial charge in [0.15, 0.2) is 6.29 Å². The van der Waals surface area contributed by atoms with E-state index < -0.39 is 6.29 Å². The van der Waals surface area contributed by atoms with Crippen molar-refractivity contribution in [1.82, 2.24) is 0 Å². The molecule has 0 saturated carbocycles. The minimum atomic E-state index is -0.582. The summed E-state index contributed by atoms with van der Waals surface area (Å²) in [4.78, 5) is 0. The van der Waals surface area contributed by atoms with Crippen LogP contribution < -0.4 is 0 Å². The van der Waals surface area contributed by atoms with Crippen LogP contribution in [0.1, 0.15) is 124 Å². The summed E-state index contributed by atoms with van der Waals surface area (Å²) in [6.45, 7) is 6.96. The first-order valence-electron chi connectivity index (χ1n) is 11.0. The molecule has 0 bridgehead atoms. The molecule has 2 nitrogen and oxygen atoms in total. The van der Waals surface area contributed by atoms with Crippen LogP contribution in [0.2, 0.25) is 0 Å². The monoisotopic (exact) mass is 342 g/mol. The maximum atomic E-state index is 9.53. The second-order valence-corrected chi connectivity index (χ2v) is 7.81. The van der Waals surface area contributed by atoms with Crippen molar-refractivity contribution in [1.29, 1.82) is 0 Å². The van der Waals surface area contributed by atoms with E-state index in [1.807, 2.05) is 13.8 Å². The molecule has 0 fully saturated rings. The lowest BCUT2D eigenvalue weighted by Gasteiger charge is -2.14. The molecular weight excluding hydrogens is 296 g/mol. The largest absolute Gasteiger partial charge is 0.368 e. The molecule has 0 amide bonds. The van der Waals surface area contributed by atoms with Crippen LogP contribution in [-0.2, 0) is 4.74 Å². The van der Waals surface area contributed by atoms with Gasteiger partial charge < -0.3 is 9.84 Å². The highest BCUT2D eigenvalue weighted by Gasteiger charge is 2.07. The van der Waals surface area contributed by atoms with E-state index in [0.29, 0.717) is 6.61 Å². The van der Waals surface area contributed by atoms with Crippen LogP contribution in [0.25, 0.3) is 0 Å². The summed E-state index contributed by atoms with van der Waals surface area (Å²) in [6, 6.07) is 0. The third-order valence-corrected chi connectivity index (χ3v) is 4.86. The van der Waals surface area contributed by atoms with E-state index in [1.165, 1.54) is 96.3 Å². The Morgan fingerprint density at radius 1 is 0.583 bits per heavy atom. The minimum Gasteiger partial charge on any atom is -0.368 e. The van der Waals surface area contributed by atoms with E-state index in [-0.39, 0.29) is 5.92 Å². The van der Waals surface area contributed by atoms with Crippen LogP contribution in [-0.4, -0.2) is 18.0 Å². The highest BCUT2D eigenvalue weighted by molar-refractivity contribution is 4.51. The summed E-state index contributed by atoms with van der Waals surface area (Å²) in [5.41, 5.74) is 0. The van der Waals surface area contributed by atoms with Crippen molar-refractivity contribution in [3.05, 3.63) is 0 Å². The molecule has 0 aliphatic carbocycles. The predicted octanol–water partition coefficient (Wildman–Crippen LogP) is 7.24. The fraction of sp³-hybridized carbons (Fsp3) is 1.00. The Labute approximate surface area is 152 Å². The Morgan fingerprint density at radius 2 is 0.917 bits per heavy atom. The van der Waals surface area contributed by atoms with Gasteiger partial charge in [-0.3, -0.25) is 0 Å². The quantitative estimate of drug-likeness (QED) is 0.198. The molecule has 0 aromatic carbocycles. The summed E-state index contributed by atoms with van der Waals surface area (Å²) < 4.78 is 5.38. The topological polar surface area (TPSA) is 29.5 Å². The third kappa shape index (κ3) is 18.3.